The van der Waals surface area contributed by atoms with Crippen molar-refractivity contribution in [2.75, 3.05) is 0 Å². The normalized spacial score (nSPS) is 17.4. The van der Waals surface area contributed by atoms with Gasteiger partial charge >= 0.3 is 0 Å². The third-order valence-corrected chi connectivity index (χ3v) is 4.02. The first-order valence-electron chi connectivity index (χ1n) is 7.63. The van der Waals surface area contributed by atoms with E-state index in [1.165, 1.54) is 17.9 Å². The molecule has 1 aliphatic carbocycles. The van der Waals surface area contributed by atoms with Crippen molar-refractivity contribution >= 4 is 11.6 Å². The molecule has 5 heteroatoms. The van der Waals surface area contributed by atoms with Gasteiger partial charge in [-0.25, -0.2) is 0 Å². The second kappa shape index (κ2) is 6.52. The lowest BCUT2D eigenvalue weighted by Gasteiger charge is -2.26. The van der Waals surface area contributed by atoms with Crippen LogP contribution in [0.3, 0.4) is 0 Å². The third-order valence-electron chi connectivity index (χ3n) is 4.02. The number of carbonyl (C=O) groups is 1. The molecule has 2 aromatic rings. The fourth-order valence-corrected chi connectivity index (χ4v) is 2.87. The van der Waals surface area contributed by atoms with Crippen molar-refractivity contribution in [2.24, 2.45) is 5.73 Å². The van der Waals surface area contributed by atoms with E-state index in [4.69, 9.17) is 15.6 Å². The van der Waals surface area contributed by atoms with Gasteiger partial charge in [-0.1, -0.05) is 24.3 Å². The zero-order valence-corrected chi connectivity index (χ0v) is 12.7. The van der Waals surface area contributed by atoms with Gasteiger partial charge < -0.3 is 15.5 Å². The van der Waals surface area contributed by atoms with Crippen LogP contribution in [0.25, 0.3) is 0 Å². The number of aryl methyl sites for hydroxylation is 1. The van der Waals surface area contributed by atoms with Gasteiger partial charge in [0.1, 0.15) is 0 Å². The van der Waals surface area contributed by atoms with Crippen LogP contribution in [0.4, 0.5) is 0 Å². The Morgan fingerprint density at radius 2 is 2.13 bits per heavy atom. The number of amides is 1. The van der Waals surface area contributed by atoms with Crippen molar-refractivity contribution in [1.82, 2.24) is 5.32 Å². The first-order valence-corrected chi connectivity index (χ1v) is 7.63. The summed E-state index contributed by atoms with van der Waals surface area (Å²) in [6.45, 7) is 0. The van der Waals surface area contributed by atoms with E-state index in [1.807, 2.05) is 18.2 Å². The summed E-state index contributed by atoms with van der Waals surface area (Å²) in [7, 11) is 0. The number of nitrogens with two attached hydrogens (primary N) is 1. The second-order valence-electron chi connectivity index (χ2n) is 5.61. The van der Waals surface area contributed by atoms with Gasteiger partial charge in [-0.2, -0.15) is 0 Å². The number of hydrogen-bond donors (Lipinski definition) is 3. The third kappa shape index (κ3) is 3.34. The molecule has 23 heavy (non-hydrogen) atoms. The molecule has 1 aromatic carbocycles. The van der Waals surface area contributed by atoms with Gasteiger partial charge in [0.25, 0.3) is 5.91 Å². The van der Waals surface area contributed by atoms with Gasteiger partial charge in [0.05, 0.1) is 23.7 Å². The molecular formula is C18H19N3O2. The maximum Gasteiger partial charge on any atom is 0.267 e. The van der Waals surface area contributed by atoms with Crippen LogP contribution in [-0.2, 0) is 11.2 Å². The van der Waals surface area contributed by atoms with Crippen LogP contribution >= 0.6 is 0 Å². The Labute approximate surface area is 134 Å². The Bertz CT molecular complexity index is 747. The predicted octanol–water partition coefficient (Wildman–Crippen LogP) is 2.68. The maximum atomic E-state index is 12.3. The van der Waals surface area contributed by atoms with Gasteiger partial charge in [-0.3, -0.25) is 10.2 Å². The smallest absolute Gasteiger partial charge is 0.267 e. The van der Waals surface area contributed by atoms with E-state index < -0.39 is 0 Å². The molecule has 1 heterocycles. The van der Waals surface area contributed by atoms with E-state index in [-0.39, 0.29) is 23.4 Å². The zero-order valence-electron chi connectivity index (χ0n) is 12.7. The van der Waals surface area contributed by atoms with E-state index in [0.717, 1.165) is 24.8 Å². The monoisotopic (exact) mass is 309 g/mol. The first kappa shape index (κ1) is 15.1. The highest BCUT2D eigenvalue weighted by atomic mass is 16.3. The van der Waals surface area contributed by atoms with Crippen LogP contribution in [0.15, 0.2) is 58.9 Å². The molecule has 1 aliphatic rings. The Balaban J connectivity index is 1.71. The fraction of sp³-hybridized carbons (Fsp3) is 0.222. The van der Waals surface area contributed by atoms with Crippen LogP contribution < -0.4 is 11.1 Å². The SMILES string of the molecule is N=C(/C=C(\N)C(=O)NC1CCCc2ccccc21)c1ccco1. The summed E-state index contributed by atoms with van der Waals surface area (Å²) >= 11 is 0. The van der Waals surface area contributed by atoms with E-state index >= 15 is 0 Å². The topological polar surface area (TPSA) is 92.1 Å². The van der Waals surface area contributed by atoms with E-state index in [1.54, 1.807) is 12.1 Å². The van der Waals surface area contributed by atoms with E-state index in [9.17, 15) is 4.79 Å². The molecule has 5 nitrogen and oxygen atoms in total. The average molecular weight is 309 g/mol. The fourth-order valence-electron chi connectivity index (χ4n) is 2.87. The molecule has 1 amide bonds. The molecule has 1 unspecified atom stereocenters. The molecule has 0 radical (unpaired) electrons. The molecular weight excluding hydrogens is 290 g/mol. The van der Waals surface area contributed by atoms with E-state index in [0.29, 0.717) is 5.76 Å². The molecule has 0 fully saturated rings. The number of carbonyl (C=O) groups excluding carboxylic acids is 1. The Morgan fingerprint density at radius 3 is 2.91 bits per heavy atom. The number of furan rings is 1. The highest BCUT2D eigenvalue weighted by molar-refractivity contribution is 6.09. The number of benzene rings is 1. The highest BCUT2D eigenvalue weighted by Gasteiger charge is 2.22. The number of hydrogen-bond acceptors (Lipinski definition) is 4. The summed E-state index contributed by atoms with van der Waals surface area (Å²) in [5.74, 6) is 0.0202. The van der Waals surface area contributed by atoms with Crippen molar-refractivity contribution in [3.8, 4) is 0 Å². The Hall–Kier alpha value is -2.82. The van der Waals surface area contributed by atoms with Gasteiger partial charge in [0.2, 0.25) is 0 Å². The predicted molar refractivity (Wildman–Crippen MR) is 88.1 cm³/mol. The summed E-state index contributed by atoms with van der Waals surface area (Å²) < 4.78 is 5.12. The standard InChI is InChI=1S/C18H19N3O2/c19-14(17-9-4-10-23-17)11-15(20)18(22)21-16-8-3-6-12-5-1-2-7-13(12)16/h1-2,4-5,7,9-11,16,19H,3,6,8,20H2,(H,21,22)/b15-11-,19-14?. The lowest BCUT2D eigenvalue weighted by molar-refractivity contribution is -0.118. The minimum Gasteiger partial charge on any atom is -0.463 e. The number of fused-ring (bicyclic) bond motifs is 1. The first-order chi connectivity index (χ1) is 11.1. The largest absolute Gasteiger partial charge is 0.463 e. The van der Waals surface area contributed by atoms with Gasteiger partial charge in [0.15, 0.2) is 5.76 Å². The molecule has 1 aromatic heterocycles. The number of rotatable bonds is 4. The van der Waals surface area contributed by atoms with Crippen molar-refractivity contribution in [3.05, 3.63) is 71.3 Å². The Morgan fingerprint density at radius 1 is 1.30 bits per heavy atom. The van der Waals surface area contributed by atoms with Crippen molar-refractivity contribution in [2.45, 2.75) is 25.3 Å². The molecule has 118 valence electrons. The average Bonchev–Trinajstić information content (AvgIpc) is 3.09. The quantitative estimate of drug-likeness (QED) is 0.599. The van der Waals surface area contributed by atoms with Crippen LogP contribution in [-0.4, -0.2) is 11.6 Å². The minimum atomic E-state index is -0.358. The summed E-state index contributed by atoms with van der Waals surface area (Å²) in [4.78, 5) is 12.3. The molecule has 0 aliphatic heterocycles. The van der Waals surface area contributed by atoms with Crippen molar-refractivity contribution < 1.29 is 9.21 Å². The Kier molecular flexibility index (Phi) is 4.28. The summed E-state index contributed by atoms with van der Waals surface area (Å²) in [6, 6.07) is 11.5. The van der Waals surface area contributed by atoms with Gasteiger partial charge in [0, 0.05) is 0 Å². The lowest BCUT2D eigenvalue weighted by Crippen LogP contribution is -2.34. The molecule has 4 N–H and O–H groups in total. The molecule has 3 rings (SSSR count). The molecule has 0 bridgehead atoms. The maximum absolute atomic E-state index is 12.3. The van der Waals surface area contributed by atoms with Gasteiger partial charge in [-0.05, 0) is 48.6 Å². The van der Waals surface area contributed by atoms with E-state index in [2.05, 4.69) is 11.4 Å². The van der Waals surface area contributed by atoms with Crippen LogP contribution in [0.2, 0.25) is 0 Å². The lowest BCUT2D eigenvalue weighted by atomic mass is 9.87. The van der Waals surface area contributed by atoms with Crippen LogP contribution in [0.5, 0.6) is 0 Å². The molecule has 0 saturated carbocycles. The summed E-state index contributed by atoms with van der Waals surface area (Å²) in [5.41, 5.74) is 8.34. The van der Waals surface area contributed by atoms with Crippen molar-refractivity contribution in [1.29, 1.82) is 5.41 Å². The van der Waals surface area contributed by atoms with Gasteiger partial charge in [-0.15, -0.1) is 0 Å². The van der Waals surface area contributed by atoms with Crippen LogP contribution in [0, 0.1) is 5.41 Å². The molecule has 1 atom stereocenters. The second-order valence-corrected chi connectivity index (χ2v) is 5.61. The summed E-state index contributed by atoms with van der Waals surface area (Å²) in [6.07, 6.45) is 5.77. The minimum absolute atomic E-state index is 0.00875. The molecule has 0 spiro atoms. The number of nitrogens with one attached hydrogen (secondary N) is 2. The number of allylic oxidation sites excluding steroid dienone is 1. The summed E-state index contributed by atoms with van der Waals surface area (Å²) in [5, 5.41) is 10.8. The highest BCUT2D eigenvalue weighted by Crippen LogP contribution is 2.29. The molecule has 0 saturated heterocycles. The zero-order chi connectivity index (χ0) is 16.2. The van der Waals surface area contributed by atoms with Crippen molar-refractivity contribution in [3.63, 3.8) is 0 Å². The van der Waals surface area contributed by atoms with Crippen LogP contribution in [0.1, 0.15) is 35.8 Å².